The monoisotopic (exact) mass is 217 g/mol. The van der Waals surface area contributed by atoms with Crippen LogP contribution >= 0.6 is 0 Å². The molecular formula is C15H23N. The van der Waals surface area contributed by atoms with Gasteiger partial charge in [-0.25, -0.2) is 0 Å². The Morgan fingerprint density at radius 3 is 2.50 bits per heavy atom. The summed E-state index contributed by atoms with van der Waals surface area (Å²) in [5.74, 6) is 1.40. The van der Waals surface area contributed by atoms with Crippen LogP contribution in [0.25, 0.3) is 0 Å². The average Bonchev–Trinajstić information content (AvgIpc) is 2.15. The SMILES string of the molecule is Cc1cccc2c1C(C)C(N(C)C)C(C)C2. The fraction of sp³-hybridized carbons (Fsp3) is 0.600. The molecule has 3 unspecified atom stereocenters. The van der Waals surface area contributed by atoms with Crippen molar-refractivity contribution in [2.45, 2.75) is 39.2 Å². The zero-order valence-electron chi connectivity index (χ0n) is 11.1. The van der Waals surface area contributed by atoms with Gasteiger partial charge in [0.25, 0.3) is 0 Å². The minimum Gasteiger partial charge on any atom is -0.306 e. The van der Waals surface area contributed by atoms with Gasteiger partial charge in [-0.05, 0) is 56.0 Å². The van der Waals surface area contributed by atoms with E-state index >= 15 is 0 Å². The number of fused-ring (bicyclic) bond motifs is 1. The molecule has 1 heteroatoms. The number of hydrogen-bond donors (Lipinski definition) is 0. The summed E-state index contributed by atoms with van der Waals surface area (Å²) < 4.78 is 0. The Balaban J connectivity index is 2.46. The standard InChI is InChI=1S/C15H23N/c1-10-7-6-8-13-9-11(2)15(16(4)5)12(3)14(10)13/h6-8,11-12,15H,9H2,1-5H3. The lowest BCUT2D eigenvalue weighted by molar-refractivity contribution is 0.179. The molecule has 0 aromatic heterocycles. The maximum Gasteiger partial charge on any atom is 0.0184 e. The fourth-order valence-electron chi connectivity index (χ4n) is 3.66. The highest BCUT2D eigenvalue weighted by atomic mass is 15.1. The van der Waals surface area contributed by atoms with E-state index in [-0.39, 0.29) is 0 Å². The van der Waals surface area contributed by atoms with Crippen molar-refractivity contribution in [2.75, 3.05) is 14.1 Å². The Morgan fingerprint density at radius 2 is 1.88 bits per heavy atom. The van der Waals surface area contributed by atoms with Gasteiger partial charge in [-0.3, -0.25) is 0 Å². The molecule has 2 rings (SSSR count). The molecule has 0 amide bonds. The third kappa shape index (κ3) is 1.78. The highest BCUT2D eigenvalue weighted by Crippen LogP contribution is 2.38. The summed E-state index contributed by atoms with van der Waals surface area (Å²) in [6.45, 7) is 7.01. The van der Waals surface area contributed by atoms with E-state index in [0.29, 0.717) is 12.0 Å². The Hall–Kier alpha value is -0.820. The van der Waals surface area contributed by atoms with Crippen LogP contribution in [0.2, 0.25) is 0 Å². The van der Waals surface area contributed by atoms with Crippen molar-refractivity contribution < 1.29 is 0 Å². The zero-order chi connectivity index (χ0) is 11.9. The van der Waals surface area contributed by atoms with Gasteiger partial charge in [0.15, 0.2) is 0 Å². The van der Waals surface area contributed by atoms with Gasteiger partial charge in [-0.2, -0.15) is 0 Å². The molecule has 0 bridgehead atoms. The van der Waals surface area contributed by atoms with Gasteiger partial charge < -0.3 is 4.90 Å². The lowest BCUT2D eigenvalue weighted by Crippen LogP contribution is -2.42. The summed E-state index contributed by atoms with van der Waals surface area (Å²) in [6.07, 6.45) is 1.23. The molecule has 0 fully saturated rings. The first kappa shape index (κ1) is 11.7. The van der Waals surface area contributed by atoms with Gasteiger partial charge in [-0.15, -0.1) is 0 Å². The lowest BCUT2D eigenvalue weighted by atomic mass is 9.72. The highest BCUT2D eigenvalue weighted by Gasteiger charge is 2.33. The summed E-state index contributed by atoms with van der Waals surface area (Å²) in [4.78, 5) is 2.39. The van der Waals surface area contributed by atoms with Crippen molar-refractivity contribution in [3.8, 4) is 0 Å². The van der Waals surface area contributed by atoms with Crippen molar-refractivity contribution >= 4 is 0 Å². The van der Waals surface area contributed by atoms with E-state index in [1.807, 2.05) is 0 Å². The third-order valence-corrected chi connectivity index (χ3v) is 4.10. The van der Waals surface area contributed by atoms with Gasteiger partial charge in [0.2, 0.25) is 0 Å². The molecule has 16 heavy (non-hydrogen) atoms. The minimum atomic E-state index is 0.648. The molecule has 1 aliphatic rings. The van der Waals surface area contributed by atoms with Gasteiger partial charge in [0.1, 0.15) is 0 Å². The minimum absolute atomic E-state index is 0.648. The molecule has 0 saturated heterocycles. The summed E-state index contributed by atoms with van der Waals surface area (Å²) >= 11 is 0. The molecule has 0 N–H and O–H groups in total. The maximum absolute atomic E-state index is 2.39. The fourth-order valence-corrected chi connectivity index (χ4v) is 3.66. The molecule has 0 spiro atoms. The quantitative estimate of drug-likeness (QED) is 0.698. The van der Waals surface area contributed by atoms with Crippen LogP contribution in [0.5, 0.6) is 0 Å². The van der Waals surface area contributed by atoms with Crippen molar-refractivity contribution in [1.29, 1.82) is 0 Å². The Labute approximate surface area is 99.5 Å². The number of nitrogens with zero attached hydrogens (tertiary/aromatic N) is 1. The van der Waals surface area contributed by atoms with Gasteiger partial charge in [0.05, 0.1) is 0 Å². The lowest BCUT2D eigenvalue weighted by Gasteiger charge is -2.41. The van der Waals surface area contributed by atoms with E-state index in [1.165, 1.54) is 12.0 Å². The predicted molar refractivity (Wildman–Crippen MR) is 69.9 cm³/mol. The van der Waals surface area contributed by atoms with Crippen LogP contribution in [0.15, 0.2) is 18.2 Å². The maximum atomic E-state index is 2.39. The van der Waals surface area contributed by atoms with E-state index in [2.05, 4.69) is 58.0 Å². The summed E-state index contributed by atoms with van der Waals surface area (Å²) in [6, 6.07) is 7.43. The molecule has 1 aromatic rings. The highest BCUT2D eigenvalue weighted by molar-refractivity contribution is 5.40. The van der Waals surface area contributed by atoms with Crippen molar-refractivity contribution in [3.05, 3.63) is 34.9 Å². The first-order chi connectivity index (χ1) is 7.52. The first-order valence-electron chi connectivity index (χ1n) is 6.27. The smallest absolute Gasteiger partial charge is 0.0184 e. The van der Waals surface area contributed by atoms with Crippen molar-refractivity contribution in [1.82, 2.24) is 4.90 Å². The van der Waals surface area contributed by atoms with E-state index in [4.69, 9.17) is 0 Å². The predicted octanol–water partition coefficient (Wildman–Crippen LogP) is 3.22. The van der Waals surface area contributed by atoms with Crippen LogP contribution in [0.4, 0.5) is 0 Å². The van der Waals surface area contributed by atoms with Gasteiger partial charge >= 0.3 is 0 Å². The largest absolute Gasteiger partial charge is 0.306 e. The zero-order valence-corrected chi connectivity index (χ0v) is 11.1. The second-order valence-electron chi connectivity index (χ2n) is 5.57. The first-order valence-corrected chi connectivity index (χ1v) is 6.27. The molecule has 3 atom stereocenters. The number of rotatable bonds is 1. The van der Waals surface area contributed by atoms with Crippen LogP contribution in [0.3, 0.4) is 0 Å². The van der Waals surface area contributed by atoms with Crippen LogP contribution in [0.1, 0.15) is 36.5 Å². The summed E-state index contributed by atoms with van der Waals surface area (Å²) in [7, 11) is 4.42. The number of benzene rings is 1. The topological polar surface area (TPSA) is 3.24 Å². The average molecular weight is 217 g/mol. The molecule has 1 aromatic carbocycles. The summed E-state index contributed by atoms with van der Waals surface area (Å²) in [5.41, 5.74) is 4.63. The number of likely N-dealkylation sites (N-methyl/N-ethyl adjacent to an activating group) is 1. The van der Waals surface area contributed by atoms with Crippen LogP contribution in [-0.4, -0.2) is 25.0 Å². The molecule has 1 aliphatic carbocycles. The second-order valence-corrected chi connectivity index (χ2v) is 5.57. The molecule has 88 valence electrons. The third-order valence-electron chi connectivity index (χ3n) is 4.10. The molecule has 0 heterocycles. The Morgan fingerprint density at radius 1 is 1.19 bits per heavy atom. The summed E-state index contributed by atoms with van der Waals surface area (Å²) in [5, 5.41) is 0. The van der Waals surface area contributed by atoms with Gasteiger partial charge in [0, 0.05) is 6.04 Å². The molecular weight excluding hydrogens is 194 g/mol. The van der Waals surface area contributed by atoms with Crippen LogP contribution in [0, 0.1) is 12.8 Å². The van der Waals surface area contributed by atoms with Crippen molar-refractivity contribution in [2.24, 2.45) is 5.92 Å². The molecule has 1 nitrogen and oxygen atoms in total. The number of aryl methyl sites for hydroxylation is 1. The van der Waals surface area contributed by atoms with Crippen LogP contribution < -0.4 is 0 Å². The van der Waals surface area contributed by atoms with E-state index in [9.17, 15) is 0 Å². The van der Waals surface area contributed by atoms with E-state index in [0.717, 1.165) is 5.92 Å². The molecule has 0 aliphatic heterocycles. The normalized spacial score (nSPS) is 29.2. The van der Waals surface area contributed by atoms with E-state index in [1.54, 1.807) is 11.1 Å². The molecule has 0 saturated carbocycles. The van der Waals surface area contributed by atoms with Crippen LogP contribution in [-0.2, 0) is 6.42 Å². The van der Waals surface area contributed by atoms with E-state index < -0.39 is 0 Å². The number of hydrogen-bond acceptors (Lipinski definition) is 1. The van der Waals surface area contributed by atoms with Crippen molar-refractivity contribution in [3.63, 3.8) is 0 Å². The Kier molecular flexibility index (Phi) is 3.07. The Bertz CT molecular complexity index is 381. The van der Waals surface area contributed by atoms with Gasteiger partial charge in [-0.1, -0.05) is 32.0 Å². The molecule has 0 radical (unpaired) electrons. The second kappa shape index (κ2) is 4.21.